The predicted molar refractivity (Wildman–Crippen MR) is 148 cm³/mol. The number of ether oxygens (including phenoxy) is 2. The third-order valence-electron chi connectivity index (χ3n) is 8.03. The molecule has 1 aliphatic rings. The van der Waals surface area contributed by atoms with Crippen molar-refractivity contribution < 1.29 is 23.6 Å². The Morgan fingerprint density at radius 1 is 0.947 bits per heavy atom. The van der Waals surface area contributed by atoms with Crippen LogP contribution in [0.5, 0.6) is 5.75 Å². The molecule has 0 spiro atoms. The second kappa shape index (κ2) is 9.31. The van der Waals surface area contributed by atoms with Gasteiger partial charge in [0.1, 0.15) is 17.3 Å². The Hall–Kier alpha value is -4.13. The maximum absolute atomic E-state index is 13.0. The molecule has 0 saturated heterocycles. The van der Waals surface area contributed by atoms with Crippen LogP contribution in [0.3, 0.4) is 0 Å². The average molecular weight is 512 g/mol. The second-order valence-corrected chi connectivity index (χ2v) is 10.8. The van der Waals surface area contributed by atoms with E-state index < -0.39 is 11.1 Å². The van der Waals surface area contributed by atoms with E-state index in [1.165, 1.54) is 6.07 Å². The first-order chi connectivity index (χ1) is 18.3. The minimum atomic E-state index is -0.910. The number of nitro groups is 1. The van der Waals surface area contributed by atoms with Crippen LogP contribution in [0.25, 0.3) is 43.5 Å². The Morgan fingerprint density at radius 3 is 2.42 bits per heavy atom. The summed E-state index contributed by atoms with van der Waals surface area (Å²) in [5.41, 5.74) is 0.887. The van der Waals surface area contributed by atoms with Crippen LogP contribution < -0.4 is 4.74 Å². The Bertz CT molecular complexity index is 1720. The van der Waals surface area contributed by atoms with Crippen LogP contribution in [0.4, 0.5) is 10.5 Å². The molecule has 38 heavy (non-hydrogen) atoms. The third kappa shape index (κ3) is 4.02. The van der Waals surface area contributed by atoms with Crippen LogP contribution in [-0.4, -0.2) is 17.2 Å². The van der Waals surface area contributed by atoms with Gasteiger partial charge in [-0.2, -0.15) is 0 Å². The molecule has 0 N–H and O–H groups in total. The van der Waals surface area contributed by atoms with Crippen molar-refractivity contribution in [3.05, 3.63) is 70.8 Å². The summed E-state index contributed by atoms with van der Waals surface area (Å²) in [7, 11) is 0. The SMILES string of the molecule is CC(C)[C@@H]1CC[C@@H](C)C[C@H]1OC(=O)Oc1ccc2ccc3oc4ccc5ccccc5c4c3c2c1[N+](=O)[O-]. The number of hydrogen-bond donors (Lipinski definition) is 0. The van der Waals surface area contributed by atoms with Crippen molar-refractivity contribution in [1.82, 2.24) is 0 Å². The van der Waals surface area contributed by atoms with Crippen molar-refractivity contribution in [2.75, 3.05) is 0 Å². The van der Waals surface area contributed by atoms with Gasteiger partial charge in [0.25, 0.3) is 0 Å². The van der Waals surface area contributed by atoms with E-state index in [0.29, 0.717) is 39.2 Å². The quantitative estimate of drug-likeness (QED) is 0.104. The smallest absolute Gasteiger partial charge is 0.456 e. The van der Waals surface area contributed by atoms with Gasteiger partial charge in [0.05, 0.1) is 10.3 Å². The maximum atomic E-state index is 13.0. The lowest BCUT2D eigenvalue weighted by Gasteiger charge is -2.36. The molecular formula is C31H29NO6. The van der Waals surface area contributed by atoms with Gasteiger partial charge in [0, 0.05) is 10.8 Å². The Labute approximate surface area is 219 Å². The topological polar surface area (TPSA) is 91.8 Å². The molecule has 7 nitrogen and oxygen atoms in total. The molecule has 0 radical (unpaired) electrons. The maximum Gasteiger partial charge on any atom is 0.514 e. The summed E-state index contributed by atoms with van der Waals surface area (Å²) in [5.74, 6) is 0.887. The third-order valence-corrected chi connectivity index (χ3v) is 8.03. The van der Waals surface area contributed by atoms with Crippen LogP contribution in [0.2, 0.25) is 0 Å². The molecule has 0 unspecified atom stereocenters. The molecule has 0 amide bonds. The number of carbonyl (C=O) groups excluding carboxylic acids is 1. The number of nitro benzene ring substituents is 1. The number of benzene rings is 4. The molecule has 5 aromatic rings. The van der Waals surface area contributed by atoms with Crippen LogP contribution in [-0.2, 0) is 4.74 Å². The van der Waals surface area contributed by atoms with E-state index >= 15 is 0 Å². The van der Waals surface area contributed by atoms with Crippen molar-refractivity contribution in [1.29, 1.82) is 0 Å². The van der Waals surface area contributed by atoms with Gasteiger partial charge >= 0.3 is 11.8 Å². The van der Waals surface area contributed by atoms with Gasteiger partial charge < -0.3 is 13.9 Å². The predicted octanol–water partition coefficient (Wildman–Crippen LogP) is 8.78. The minimum Gasteiger partial charge on any atom is -0.456 e. The van der Waals surface area contributed by atoms with Crippen LogP contribution in [0.1, 0.15) is 40.0 Å². The van der Waals surface area contributed by atoms with E-state index in [0.717, 1.165) is 35.4 Å². The molecule has 1 aliphatic carbocycles. The fraction of sp³-hybridized carbons (Fsp3) is 0.323. The highest BCUT2D eigenvalue weighted by atomic mass is 16.7. The summed E-state index contributed by atoms with van der Waals surface area (Å²) in [6, 6.07) is 18.5. The molecule has 1 fully saturated rings. The summed E-state index contributed by atoms with van der Waals surface area (Å²) in [6.07, 6.45) is 1.64. The first-order valence-electron chi connectivity index (χ1n) is 13.1. The molecule has 6 rings (SSSR count). The molecule has 1 heterocycles. The second-order valence-electron chi connectivity index (χ2n) is 10.8. The molecule has 0 aliphatic heterocycles. The van der Waals surface area contributed by atoms with E-state index in [1.54, 1.807) is 12.1 Å². The van der Waals surface area contributed by atoms with Crippen LogP contribution in [0.15, 0.2) is 65.1 Å². The number of nitrogens with zero attached hydrogens (tertiary/aromatic N) is 1. The number of hydrogen-bond acceptors (Lipinski definition) is 6. The lowest BCUT2D eigenvalue weighted by molar-refractivity contribution is -0.383. The van der Waals surface area contributed by atoms with Crippen molar-refractivity contribution >= 4 is 55.3 Å². The Kier molecular flexibility index (Phi) is 5.94. The van der Waals surface area contributed by atoms with E-state index in [4.69, 9.17) is 13.9 Å². The van der Waals surface area contributed by atoms with Gasteiger partial charge in [-0.3, -0.25) is 10.1 Å². The van der Waals surface area contributed by atoms with Gasteiger partial charge in [-0.15, -0.1) is 0 Å². The summed E-state index contributed by atoms with van der Waals surface area (Å²) in [6.45, 7) is 6.40. The molecule has 0 bridgehead atoms. The monoisotopic (exact) mass is 511 g/mol. The van der Waals surface area contributed by atoms with Crippen molar-refractivity contribution in [2.45, 2.75) is 46.1 Å². The molecule has 1 saturated carbocycles. The van der Waals surface area contributed by atoms with Gasteiger partial charge in [0.15, 0.2) is 0 Å². The normalized spacial score (nSPS) is 19.9. The van der Waals surface area contributed by atoms with Crippen molar-refractivity contribution in [3.63, 3.8) is 0 Å². The molecule has 4 aromatic carbocycles. The van der Waals surface area contributed by atoms with E-state index in [-0.39, 0.29) is 23.5 Å². The van der Waals surface area contributed by atoms with E-state index in [9.17, 15) is 14.9 Å². The van der Waals surface area contributed by atoms with Crippen molar-refractivity contribution in [2.24, 2.45) is 17.8 Å². The Balaban J connectivity index is 1.48. The number of fused-ring (bicyclic) bond motifs is 7. The zero-order chi connectivity index (χ0) is 26.6. The summed E-state index contributed by atoms with van der Waals surface area (Å²) in [5, 5.41) is 16.9. The van der Waals surface area contributed by atoms with E-state index in [1.807, 2.05) is 42.5 Å². The van der Waals surface area contributed by atoms with Gasteiger partial charge in [-0.05, 0) is 65.0 Å². The molecular weight excluding hydrogens is 482 g/mol. The fourth-order valence-electron chi connectivity index (χ4n) is 6.16. The number of rotatable bonds is 4. The molecule has 7 heteroatoms. The molecule has 194 valence electrons. The van der Waals surface area contributed by atoms with Crippen LogP contribution >= 0.6 is 0 Å². The highest BCUT2D eigenvalue weighted by Crippen LogP contribution is 2.45. The van der Waals surface area contributed by atoms with Gasteiger partial charge in [-0.25, -0.2) is 4.79 Å². The summed E-state index contributed by atoms with van der Waals surface area (Å²) >= 11 is 0. The van der Waals surface area contributed by atoms with E-state index in [2.05, 4.69) is 20.8 Å². The lowest BCUT2D eigenvalue weighted by atomic mass is 9.75. The first-order valence-corrected chi connectivity index (χ1v) is 13.1. The summed E-state index contributed by atoms with van der Waals surface area (Å²) in [4.78, 5) is 25.0. The van der Waals surface area contributed by atoms with Crippen molar-refractivity contribution in [3.8, 4) is 5.75 Å². The number of carbonyl (C=O) groups is 1. The first kappa shape index (κ1) is 24.2. The van der Waals surface area contributed by atoms with Gasteiger partial charge in [-0.1, -0.05) is 69.7 Å². The highest BCUT2D eigenvalue weighted by Gasteiger charge is 2.35. The zero-order valence-electron chi connectivity index (χ0n) is 21.6. The fourth-order valence-corrected chi connectivity index (χ4v) is 6.16. The standard InChI is InChI=1S/C31H29NO6/c1-17(2)21-12-8-18(3)16-26(21)38-31(33)37-25-15-11-20-10-14-24-29(27(20)30(25)32(34)35)28-22-7-5-4-6-19(22)9-13-23(28)36-24/h4-7,9-11,13-15,17-18,21,26H,8,12,16H2,1-3H3/t18-,21+,26-/m1/s1. The lowest BCUT2D eigenvalue weighted by Crippen LogP contribution is -2.36. The minimum absolute atomic E-state index is 0.139. The molecule has 1 aromatic heterocycles. The zero-order valence-corrected chi connectivity index (χ0v) is 21.6. The number of furan rings is 1. The van der Waals surface area contributed by atoms with Crippen LogP contribution in [0, 0.1) is 27.9 Å². The Morgan fingerprint density at radius 2 is 1.66 bits per heavy atom. The largest absolute Gasteiger partial charge is 0.514 e. The van der Waals surface area contributed by atoms with Gasteiger partial charge in [0.2, 0.25) is 5.75 Å². The average Bonchev–Trinajstić information content (AvgIpc) is 3.27. The summed E-state index contributed by atoms with van der Waals surface area (Å²) < 4.78 is 17.5. The highest BCUT2D eigenvalue weighted by molar-refractivity contribution is 6.28. The molecule has 3 atom stereocenters.